The lowest BCUT2D eigenvalue weighted by atomic mass is 10.0. The van der Waals surface area contributed by atoms with Crippen molar-refractivity contribution in [3.63, 3.8) is 0 Å². The number of aryl methyl sites for hydroxylation is 1. The van der Waals surface area contributed by atoms with Crippen molar-refractivity contribution < 1.29 is 13.3 Å². The molecule has 1 aliphatic heterocycles. The third kappa shape index (κ3) is 4.52. The van der Waals surface area contributed by atoms with Crippen molar-refractivity contribution >= 4 is 32.7 Å². The van der Waals surface area contributed by atoms with Gasteiger partial charge in [-0.3, -0.25) is 10.1 Å². The molecule has 1 saturated heterocycles. The summed E-state index contributed by atoms with van der Waals surface area (Å²) in [6, 6.07) is 11.7. The normalized spacial score (nSPS) is 15.6. The first-order valence-corrected chi connectivity index (χ1v) is 12.7. The van der Waals surface area contributed by atoms with E-state index < -0.39 is 14.9 Å². The summed E-state index contributed by atoms with van der Waals surface area (Å²) >= 11 is 1.59. The third-order valence-electron chi connectivity index (χ3n) is 5.57. The molecule has 0 spiro atoms. The van der Waals surface area contributed by atoms with Crippen molar-refractivity contribution in [1.29, 1.82) is 0 Å². The molecule has 32 heavy (non-hydrogen) atoms. The molecule has 1 N–H and O–H groups in total. The Balaban J connectivity index is 1.56. The topological polar surface area (TPSA) is 105 Å². The molecule has 2 heterocycles. The van der Waals surface area contributed by atoms with E-state index in [1.54, 1.807) is 11.3 Å². The SMILES string of the molecule is Cc1nc(-c2ccc([C@@H](C)Nc3ccc(S(=O)(=O)N4CCCC4)cc3[N+](=O)[O-])cc2)cs1. The first-order valence-electron chi connectivity index (χ1n) is 10.3. The third-order valence-corrected chi connectivity index (χ3v) is 8.23. The van der Waals surface area contributed by atoms with Gasteiger partial charge in [-0.1, -0.05) is 24.3 Å². The minimum absolute atomic E-state index is 0.0489. The maximum atomic E-state index is 12.8. The number of anilines is 1. The Bertz CT molecular complexity index is 1230. The second kappa shape index (κ2) is 8.97. The quantitative estimate of drug-likeness (QED) is 0.384. The van der Waals surface area contributed by atoms with Gasteiger partial charge in [0.2, 0.25) is 10.0 Å². The number of nitro groups is 1. The van der Waals surface area contributed by atoms with Gasteiger partial charge in [0.05, 0.1) is 20.5 Å². The molecule has 10 heteroatoms. The molecule has 0 radical (unpaired) electrons. The molecule has 0 unspecified atom stereocenters. The summed E-state index contributed by atoms with van der Waals surface area (Å²) in [6.07, 6.45) is 1.61. The zero-order valence-electron chi connectivity index (χ0n) is 17.8. The van der Waals surface area contributed by atoms with Gasteiger partial charge in [-0.05, 0) is 44.4 Å². The van der Waals surface area contributed by atoms with Gasteiger partial charge in [0.25, 0.3) is 5.69 Å². The summed E-state index contributed by atoms with van der Waals surface area (Å²) in [5, 5.41) is 17.9. The molecule has 168 valence electrons. The van der Waals surface area contributed by atoms with Gasteiger partial charge in [-0.2, -0.15) is 4.31 Å². The lowest BCUT2D eigenvalue weighted by molar-refractivity contribution is -0.384. The minimum atomic E-state index is -3.73. The summed E-state index contributed by atoms with van der Waals surface area (Å²) in [6.45, 7) is 4.76. The number of hydrogen-bond acceptors (Lipinski definition) is 7. The van der Waals surface area contributed by atoms with Gasteiger partial charge >= 0.3 is 0 Å². The van der Waals surface area contributed by atoms with E-state index in [-0.39, 0.29) is 22.3 Å². The summed E-state index contributed by atoms with van der Waals surface area (Å²) < 4.78 is 27.0. The van der Waals surface area contributed by atoms with Crippen molar-refractivity contribution in [2.24, 2.45) is 0 Å². The Labute approximate surface area is 191 Å². The molecular formula is C22H24N4O4S2. The molecule has 0 saturated carbocycles. The van der Waals surface area contributed by atoms with Crippen LogP contribution in [-0.2, 0) is 10.0 Å². The number of aromatic nitrogens is 1. The Morgan fingerprint density at radius 1 is 1.16 bits per heavy atom. The fourth-order valence-electron chi connectivity index (χ4n) is 3.78. The van der Waals surface area contributed by atoms with Crippen LogP contribution in [0.25, 0.3) is 11.3 Å². The number of benzene rings is 2. The second-order valence-corrected chi connectivity index (χ2v) is 10.8. The summed E-state index contributed by atoms with van der Waals surface area (Å²) in [5.74, 6) is 0. The number of rotatable bonds is 7. The monoisotopic (exact) mass is 472 g/mol. The van der Waals surface area contributed by atoms with Gasteiger partial charge in [0.1, 0.15) is 5.69 Å². The van der Waals surface area contributed by atoms with Crippen molar-refractivity contribution in [2.45, 2.75) is 37.6 Å². The van der Waals surface area contributed by atoms with Crippen molar-refractivity contribution in [1.82, 2.24) is 9.29 Å². The number of sulfonamides is 1. The highest BCUT2D eigenvalue weighted by Crippen LogP contribution is 2.33. The van der Waals surface area contributed by atoms with Gasteiger partial charge in [0, 0.05) is 36.1 Å². The fraction of sp³-hybridized carbons (Fsp3) is 0.318. The summed E-state index contributed by atoms with van der Waals surface area (Å²) in [7, 11) is -3.73. The molecule has 0 amide bonds. The molecule has 4 rings (SSSR count). The lowest BCUT2D eigenvalue weighted by Crippen LogP contribution is -2.27. The van der Waals surface area contributed by atoms with E-state index in [0.29, 0.717) is 13.1 Å². The number of nitrogens with one attached hydrogen (secondary N) is 1. The van der Waals surface area contributed by atoms with Crippen molar-refractivity contribution in [3.8, 4) is 11.3 Å². The van der Waals surface area contributed by atoms with Gasteiger partial charge in [0.15, 0.2) is 0 Å². The Morgan fingerprint density at radius 2 is 1.84 bits per heavy atom. The van der Waals surface area contributed by atoms with E-state index in [1.807, 2.05) is 43.5 Å². The van der Waals surface area contributed by atoms with Crippen LogP contribution in [0.4, 0.5) is 11.4 Å². The van der Waals surface area contributed by atoms with Crippen LogP contribution in [0.15, 0.2) is 52.7 Å². The van der Waals surface area contributed by atoms with Crippen LogP contribution in [-0.4, -0.2) is 35.7 Å². The molecular weight excluding hydrogens is 448 g/mol. The highest BCUT2D eigenvalue weighted by Gasteiger charge is 2.29. The summed E-state index contributed by atoms with van der Waals surface area (Å²) in [5.41, 5.74) is 2.90. The van der Waals surface area contributed by atoms with Crippen LogP contribution in [0.1, 0.15) is 36.4 Å². The Kier molecular flexibility index (Phi) is 6.27. The molecule has 3 aromatic rings. The van der Waals surface area contributed by atoms with E-state index in [4.69, 9.17) is 0 Å². The number of hydrogen-bond donors (Lipinski definition) is 1. The van der Waals surface area contributed by atoms with Crippen LogP contribution in [0, 0.1) is 17.0 Å². The van der Waals surface area contributed by atoms with Crippen LogP contribution >= 0.6 is 11.3 Å². The van der Waals surface area contributed by atoms with E-state index in [1.165, 1.54) is 16.4 Å². The second-order valence-electron chi connectivity index (χ2n) is 7.79. The highest BCUT2D eigenvalue weighted by atomic mass is 32.2. The molecule has 0 bridgehead atoms. The van der Waals surface area contributed by atoms with Gasteiger partial charge in [-0.25, -0.2) is 13.4 Å². The summed E-state index contributed by atoms with van der Waals surface area (Å²) in [4.78, 5) is 15.6. The Morgan fingerprint density at radius 3 is 2.44 bits per heavy atom. The molecule has 1 atom stereocenters. The fourth-order valence-corrected chi connectivity index (χ4v) is 5.94. The van der Waals surface area contributed by atoms with Gasteiger partial charge in [-0.15, -0.1) is 11.3 Å². The van der Waals surface area contributed by atoms with E-state index in [0.717, 1.165) is 40.7 Å². The standard InChI is InChI=1S/C22H24N4O4S2/c1-15(17-5-7-18(8-6-17)21-14-31-16(2)24-21)23-20-10-9-19(13-22(20)26(27)28)32(29,30)25-11-3-4-12-25/h5-10,13-15,23H,3-4,11-12H2,1-2H3/t15-/m1/s1. The smallest absolute Gasteiger partial charge is 0.293 e. The average molecular weight is 473 g/mol. The zero-order chi connectivity index (χ0) is 22.9. The van der Waals surface area contributed by atoms with Crippen LogP contribution in [0.2, 0.25) is 0 Å². The Hall–Kier alpha value is -2.82. The van der Waals surface area contributed by atoms with Gasteiger partial charge < -0.3 is 5.32 Å². The largest absolute Gasteiger partial charge is 0.373 e. The zero-order valence-corrected chi connectivity index (χ0v) is 19.4. The predicted molar refractivity (Wildman–Crippen MR) is 125 cm³/mol. The van der Waals surface area contributed by atoms with E-state index in [2.05, 4.69) is 10.3 Å². The van der Waals surface area contributed by atoms with Crippen molar-refractivity contribution in [2.75, 3.05) is 18.4 Å². The molecule has 1 fully saturated rings. The van der Waals surface area contributed by atoms with Crippen LogP contribution in [0.5, 0.6) is 0 Å². The maximum absolute atomic E-state index is 12.8. The number of thiazole rings is 1. The average Bonchev–Trinajstić information content (AvgIpc) is 3.46. The number of nitrogens with zero attached hydrogens (tertiary/aromatic N) is 3. The first kappa shape index (κ1) is 22.4. The lowest BCUT2D eigenvalue weighted by Gasteiger charge is -2.18. The van der Waals surface area contributed by atoms with E-state index in [9.17, 15) is 18.5 Å². The molecule has 1 aromatic heterocycles. The molecule has 2 aromatic carbocycles. The van der Waals surface area contributed by atoms with Crippen LogP contribution in [0.3, 0.4) is 0 Å². The van der Waals surface area contributed by atoms with E-state index >= 15 is 0 Å². The molecule has 1 aliphatic rings. The molecule has 8 nitrogen and oxygen atoms in total. The maximum Gasteiger partial charge on any atom is 0.293 e. The van der Waals surface area contributed by atoms with Crippen LogP contribution < -0.4 is 5.32 Å². The predicted octanol–water partition coefficient (Wildman–Crippen LogP) is 4.98. The first-order chi connectivity index (χ1) is 15.3. The molecule has 0 aliphatic carbocycles. The highest BCUT2D eigenvalue weighted by molar-refractivity contribution is 7.89. The van der Waals surface area contributed by atoms with Crippen molar-refractivity contribution in [3.05, 3.63) is 68.5 Å². The minimum Gasteiger partial charge on any atom is -0.373 e. The number of nitro benzene ring substituents is 1.